The van der Waals surface area contributed by atoms with Crippen molar-refractivity contribution < 1.29 is 14.7 Å². The van der Waals surface area contributed by atoms with Gasteiger partial charge < -0.3 is 15.7 Å². The first-order valence-corrected chi connectivity index (χ1v) is 4.10. The molecular weight excluding hydrogens is 172 g/mol. The minimum atomic E-state index is -1.00. The second-order valence-corrected chi connectivity index (χ2v) is 3.24. The first-order valence-electron chi connectivity index (χ1n) is 4.10. The molecule has 0 aliphatic rings. The highest BCUT2D eigenvalue weighted by molar-refractivity contribution is 5.84. The van der Waals surface area contributed by atoms with Crippen molar-refractivity contribution in [3.8, 4) is 0 Å². The van der Waals surface area contributed by atoms with Crippen LogP contribution in [0.1, 0.15) is 13.8 Å². The summed E-state index contributed by atoms with van der Waals surface area (Å²) in [5.74, 6) is -1.49. The van der Waals surface area contributed by atoms with Crippen LogP contribution < -0.4 is 5.73 Å². The number of aliphatic carboxylic acids is 1. The van der Waals surface area contributed by atoms with E-state index in [1.54, 1.807) is 13.8 Å². The van der Waals surface area contributed by atoms with E-state index in [0.717, 1.165) is 0 Å². The largest absolute Gasteiger partial charge is 0.480 e. The van der Waals surface area contributed by atoms with E-state index in [4.69, 9.17) is 10.8 Å². The summed E-state index contributed by atoms with van der Waals surface area (Å²) in [7, 11) is 1.45. The molecule has 0 aromatic carbocycles. The molecule has 0 unspecified atom stereocenters. The topological polar surface area (TPSA) is 83.6 Å². The average Bonchev–Trinajstić information content (AvgIpc) is 2.01. The van der Waals surface area contributed by atoms with Crippen molar-refractivity contribution in [2.24, 2.45) is 11.7 Å². The summed E-state index contributed by atoms with van der Waals surface area (Å²) in [6.45, 7) is 3.34. The van der Waals surface area contributed by atoms with Crippen molar-refractivity contribution in [2.45, 2.75) is 19.9 Å². The van der Waals surface area contributed by atoms with Gasteiger partial charge in [-0.05, 0) is 5.92 Å². The number of amides is 1. The van der Waals surface area contributed by atoms with Gasteiger partial charge in [0.05, 0.1) is 6.54 Å². The number of nitrogens with zero attached hydrogens (tertiary/aromatic N) is 1. The Bertz CT molecular complexity index is 204. The monoisotopic (exact) mass is 188 g/mol. The number of carbonyl (C=O) groups excluding carboxylic acids is 1. The lowest BCUT2D eigenvalue weighted by Crippen LogP contribution is -2.47. The normalized spacial score (nSPS) is 12.7. The van der Waals surface area contributed by atoms with E-state index in [2.05, 4.69) is 0 Å². The van der Waals surface area contributed by atoms with Crippen molar-refractivity contribution in [3.05, 3.63) is 0 Å². The molecule has 3 N–H and O–H groups in total. The van der Waals surface area contributed by atoms with Gasteiger partial charge in [0, 0.05) is 7.05 Å². The fourth-order valence-corrected chi connectivity index (χ4v) is 1.20. The molecule has 0 fully saturated rings. The number of carbonyl (C=O) groups is 2. The zero-order valence-corrected chi connectivity index (χ0v) is 8.15. The van der Waals surface area contributed by atoms with Crippen LogP contribution >= 0.6 is 0 Å². The molecule has 0 bridgehead atoms. The first-order chi connectivity index (χ1) is 5.91. The number of hydrogen-bond donors (Lipinski definition) is 2. The Kier molecular flexibility index (Phi) is 4.40. The van der Waals surface area contributed by atoms with Gasteiger partial charge >= 0.3 is 5.97 Å². The predicted molar refractivity (Wildman–Crippen MR) is 48.1 cm³/mol. The molecule has 0 aliphatic carbocycles. The lowest BCUT2D eigenvalue weighted by atomic mass is 10.0. The van der Waals surface area contributed by atoms with Crippen molar-refractivity contribution in [3.63, 3.8) is 0 Å². The van der Waals surface area contributed by atoms with Gasteiger partial charge in [-0.3, -0.25) is 4.79 Å². The highest BCUT2D eigenvalue weighted by Gasteiger charge is 2.28. The van der Waals surface area contributed by atoms with E-state index in [1.807, 2.05) is 0 Å². The van der Waals surface area contributed by atoms with Crippen molar-refractivity contribution >= 4 is 11.9 Å². The maximum atomic E-state index is 11.1. The van der Waals surface area contributed by atoms with Crippen LogP contribution in [0.3, 0.4) is 0 Å². The number of nitrogens with two attached hydrogens (primary N) is 1. The Labute approximate surface area is 77.5 Å². The van der Waals surface area contributed by atoms with Gasteiger partial charge in [-0.1, -0.05) is 13.8 Å². The first kappa shape index (κ1) is 11.9. The fraction of sp³-hybridized carbons (Fsp3) is 0.750. The van der Waals surface area contributed by atoms with Crippen LogP contribution in [0.2, 0.25) is 0 Å². The quantitative estimate of drug-likeness (QED) is 0.623. The Morgan fingerprint density at radius 3 is 2.15 bits per heavy atom. The van der Waals surface area contributed by atoms with Crippen LogP contribution in [0.4, 0.5) is 0 Å². The van der Waals surface area contributed by atoms with Crippen molar-refractivity contribution in [2.75, 3.05) is 13.6 Å². The molecule has 5 nitrogen and oxygen atoms in total. The summed E-state index contributed by atoms with van der Waals surface area (Å²) < 4.78 is 0. The Morgan fingerprint density at radius 1 is 1.46 bits per heavy atom. The number of likely N-dealkylation sites (N-methyl/N-ethyl adjacent to an activating group) is 1. The van der Waals surface area contributed by atoms with E-state index in [1.165, 1.54) is 11.9 Å². The minimum absolute atomic E-state index is 0.127. The highest BCUT2D eigenvalue weighted by Crippen LogP contribution is 2.09. The zero-order chi connectivity index (χ0) is 10.6. The number of carboxylic acids is 1. The van der Waals surface area contributed by atoms with E-state index < -0.39 is 12.0 Å². The molecule has 0 aliphatic heterocycles. The van der Waals surface area contributed by atoms with Crippen molar-refractivity contribution in [1.29, 1.82) is 0 Å². The Hall–Kier alpha value is -1.10. The van der Waals surface area contributed by atoms with Gasteiger partial charge in [0.15, 0.2) is 0 Å². The van der Waals surface area contributed by atoms with Gasteiger partial charge in [-0.15, -0.1) is 0 Å². The predicted octanol–water partition coefficient (Wildman–Crippen LogP) is -0.487. The molecule has 76 valence electrons. The van der Waals surface area contributed by atoms with Crippen LogP contribution in [0.25, 0.3) is 0 Å². The lowest BCUT2D eigenvalue weighted by molar-refractivity contribution is -0.150. The van der Waals surface area contributed by atoms with Crippen LogP contribution in [0.5, 0.6) is 0 Å². The molecule has 0 aromatic rings. The molecule has 0 heterocycles. The van der Waals surface area contributed by atoms with E-state index >= 15 is 0 Å². The second kappa shape index (κ2) is 4.81. The minimum Gasteiger partial charge on any atom is -0.480 e. The molecule has 0 radical (unpaired) electrons. The Morgan fingerprint density at radius 2 is 1.92 bits per heavy atom. The average molecular weight is 188 g/mol. The van der Waals surface area contributed by atoms with Crippen LogP contribution in [0.15, 0.2) is 0 Å². The molecule has 13 heavy (non-hydrogen) atoms. The molecule has 0 saturated heterocycles. The van der Waals surface area contributed by atoms with Crippen LogP contribution in [-0.4, -0.2) is 41.5 Å². The standard InChI is InChI=1S/C8H16N2O3/c1-5(2)7(8(12)13)10(3)6(11)4-9/h5,7H,4,9H2,1-3H3,(H,12,13)/t7-/m0/s1. The third-order valence-electron chi connectivity index (χ3n) is 1.87. The number of hydrogen-bond acceptors (Lipinski definition) is 3. The molecule has 0 aromatic heterocycles. The second-order valence-electron chi connectivity index (χ2n) is 3.24. The molecule has 0 spiro atoms. The van der Waals surface area contributed by atoms with E-state index in [-0.39, 0.29) is 18.4 Å². The summed E-state index contributed by atoms with van der Waals surface area (Å²) in [5.41, 5.74) is 5.13. The van der Waals surface area contributed by atoms with E-state index in [9.17, 15) is 9.59 Å². The van der Waals surface area contributed by atoms with Gasteiger partial charge in [0.1, 0.15) is 6.04 Å². The maximum Gasteiger partial charge on any atom is 0.326 e. The van der Waals surface area contributed by atoms with Gasteiger partial charge in [-0.25, -0.2) is 4.79 Å². The molecule has 0 rings (SSSR count). The summed E-state index contributed by atoms with van der Waals surface area (Å²) in [6, 6.07) is -0.795. The highest BCUT2D eigenvalue weighted by atomic mass is 16.4. The summed E-state index contributed by atoms with van der Waals surface area (Å²) in [5, 5.41) is 8.82. The summed E-state index contributed by atoms with van der Waals surface area (Å²) >= 11 is 0. The van der Waals surface area contributed by atoms with Gasteiger partial charge in [0.25, 0.3) is 0 Å². The van der Waals surface area contributed by atoms with E-state index in [0.29, 0.717) is 0 Å². The Balaban J connectivity index is 4.55. The molecular formula is C8H16N2O3. The maximum absolute atomic E-state index is 11.1. The number of carboxylic acid groups (broad SMARTS) is 1. The molecule has 1 atom stereocenters. The number of rotatable bonds is 4. The molecule has 1 amide bonds. The smallest absolute Gasteiger partial charge is 0.326 e. The van der Waals surface area contributed by atoms with Crippen molar-refractivity contribution in [1.82, 2.24) is 4.90 Å². The SMILES string of the molecule is CC(C)[C@@H](C(=O)O)N(C)C(=O)CN. The molecule has 5 heteroatoms. The molecule has 0 saturated carbocycles. The van der Waals surface area contributed by atoms with Crippen LogP contribution in [0, 0.1) is 5.92 Å². The fourth-order valence-electron chi connectivity index (χ4n) is 1.20. The summed E-state index contributed by atoms with van der Waals surface area (Å²) in [4.78, 5) is 23.0. The van der Waals surface area contributed by atoms with Gasteiger partial charge in [-0.2, -0.15) is 0 Å². The van der Waals surface area contributed by atoms with Gasteiger partial charge in [0.2, 0.25) is 5.91 Å². The lowest BCUT2D eigenvalue weighted by Gasteiger charge is -2.27. The third-order valence-corrected chi connectivity index (χ3v) is 1.87. The third kappa shape index (κ3) is 3.02. The summed E-state index contributed by atoms with van der Waals surface area (Å²) in [6.07, 6.45) is 0. The van der Waals surface area contributed by atoms with Crippen LogP contribution in [-0.2, 0) is 9.59 Å². The zero-order valence-electron chi connectivity index (χ0n) is 8.15.